The van der Waals surface area contributed by atoms with Crippen LogP contribution in [0.3, 0.4) is 0 Å². The van der Waals surface area contributed by atoms with Crippen LogP contribution >= 0.6 is 0 Å². The Hall–Kier alpha value is -1.87. The zero-order chi connectivity index (χ0) is 15.4. The summed E-state index contributed by atoms with van der Waals surface area (Å²) in [5.41, 5.74) is 2.71. The van der Waals surface area contributed by atoms with E-state index in [1.165, 1.54) is 0 Å². The van der Waals surface area contributed by atoms with Gasteiger partial charge in [-0.15, -0.1) is 0 Å². The van der Waals surface area contributed by atoms with Gasteiger partial charge in [-0.2, -0.15) is 0 Å². The molecule has 0 heterocycles. The molecule has 0 saturated heterocycles. The molecule has 1 N–H and O–H groups in total. The lowest BCUT2D eigenvalue weighted by atomic mass is 10.0. The number of rotatable bonds is 5. The fourth-order valence-corrected chi connectivity index (χ4v) is 2.46. The zero-order valence-electron chi connectivity index (χ0n) is 13.0. The van der Waals surface area contributed by atoms with Gasteiger partial charge in [-0.1, -0.05) is 30.3 Å². The van der Waals surface area contributed by atoms with Crippen molar-refractivity contribution in [2.24, 2.45) is 0 Å². The van der Waals surface area contributed by atoms with Crippen molar-refractivity contribution in [3.63, 3.8) is 0 Å². The highest BCUT2D eigenvalue weighted by Crippen LogP contribution is 2.27. The minimum Gasteiger partial charge on any atom is -0.496 e. The molecule has 2 atom stereocenters. The Balaban J connectivity index is 2.14. The summed E-state index contributed by atoms with van der Waals surface area (Å²) in [6.45, 7) is 5.89. The smallest absolute Gasteiger partial charge is 0.126 e. The van der Waals surface area contributed by atoms with Gasteiger partial charge >= 0.3 is 0 Å². The van der Waals surface area contributed by atoms with Gasteiger partial charge in [0.1, 0.15) is 11.6 Å². The van der Waals surface area contributed by atoms with Crippen molar-refractivity contribution in [1.29, 1.82) is 0 Å². The molecule has 2 nitrogen and oxygen atoms in total. The fourth-order valence-electron chi connectivity index (χ4n) is 2.46. The molecule has 0 aliphatic carbocycles. The van der Waals surface area contributed by atoms with E-state index in [0.717, 1.165) is 16.9 Å². The van der Waals surface area contributed by atoms with Crippen molar-refractivity contribution in [1.82, 2.24) is 5.32 Å². The summed E-state index contributed by atoms with van der Waals surface area (Å²) in [6, 6.07) is 13.5. The molecule has 2 aromatic rings. The lowest BCUT2D eigenvalue weighted by Crippen LogP contribution is -2.23. The average molecular weight is 287 g/mol. The van der Waals surface area contributed by atoms with Gasteiger partial charge in [0.25, 0.3) is 0 Å². The number of benzene rings is 2. The van der Waals surface area contributed by atoms with Gasteiger partial charge < -0.3 is 10.1 Å². The largest absolute Gasteiger partial charge is 0.496 e. The van der Waals surface area contributed by atoms with E-state index < -0.39 is 0 Å². The van der Waals surface area contributed by atoms with Gasteiger partial charge in [0.2, 0.25) is 0 Å². The minimum atomic E-state index is -0.161. The van der Waals surface area contributed by atoms with E-state index >= 15 is 0 Å². The average Bonchev–Trinajstić information content (AvgIpc) is 2.49. The van der Waals surface area contributed by atoms with Crippen LogP contribution in [0.25, 0.3) is 0 Å². The third kappa shape index (κ3) is 3.61. The summed E-state index contributed by atoms with van der Waals surface area (Å²) >= 11 is 0. The summed E-state index contributed by atoms with van der Waals surface area (Å²) in [6.07, 6.45) is 0. The Kier molecular flexibility index (Phi) is 4.97. The summed E-state index contributed by atoms with van der Waals surface area (Å²) in [7, 11) is 1.67. The number of para-hydroxylation sites is 1. The van der Waals surface area contributed by atoms with Gasteiger partial charge in [0.05, 0.1) is 7.11 Å². The first-order valence-corrected chi connectivity index (χ1v) is 7.18. The molecule has 0 aromatic heterocycles. The van der Waals surface area contributed by atoms with Crippen LogP contribution in [0.2, 0.25) is 0 Å². The summed E-state index contributed by atoms with van der Waals surface area (Å²) in [4.78, 5) is 0. The van der Waals surface area contributed by atoms with Crippen molar-refractivity contribution >= 4 is 0 Å². The molecule has 0 amide bonds. The Morgan fingerprint density at radius 2 is 1.76 bits per heavy atom. The first kappa shape index (κ1) is 15.5. The normalized spacial score (nSPS) is 13.8. The maximum atomic E-state index is 13.7. The predicted octanol–water partition coefficient (Wildman–Crippen LogP) is 4.55. The highest BCUT2D eigenvalue weighted by molar-refractivity contribution is 5.36. The van der Waals surface area contributed by atoms with Crippen LogP contribution in [0.1, 0.15) is 42.6 Å². The molecule has 1 unspecified atom stereocenters. The van der Waals surface area contributed by atoms with Crippen LogP contribution in [0.5, 0.6) is 5.75 Å². The highest BCUT2D eigenvalue weighted by atomic mass is 19.1. The van der Waals surface area contributed by atoms with Gasteiger partial charge in [0, 0.05) is 17.6 Å². The quantitative estimate of drug-likeness (QED) is 0.870. The number of ether oxygens (including phenoxy) is 1. The second kappa shape index (κ2) is 6.72. The van der Waals surface area contributed by atoms with Gasteiger partial charge in [-0.05, 0) is 44.0 Å². The molecular formula is C18H22FNO. The topological polar surface area (TPSA) is 21.3 Å². The van der Waals surface area contributed by atoms with Crippen molar-refractivity contribution in [3.8, 4) is 5.75 Å². The van der Waals surface area contributed by atoms with Gasteiger partial charge in [0.15, 0.2) is 0 Å². The standard InChI is InChI=1S/C18H22FNO/c1-12-9-10-15(11-17(12)19)13(2)20-14(3)16-7-5-6-8-18(16)21-4/h5-11,13-14,20H,1-4H3/t13?,14-/m1/s1. The third-order valence-corrected chi connectivity index (χ3v) is 3.80. The molecule has 0 aliphatic rings. The van der Waals surface area contributed by atoms with Crippen molar-refractivity contribution in [3.05, 3.63) is 65.0 Å². The number of aryl methyl sites for hydroxylation is 1. The predicted molar refractivity (Wildman–Crippen MR) is 84.1 cm³/mol. The SMILES string of the molecule is COc1ccccc1[C@@H](C)NC(C)c1ccc(C)c(F)c1. The first-order valence-electron chi connectivity index (χ1n) is 7.18. The molecule has 3 heteroatoms. The Labute approximate surface area is 126 Å². The Bertz CT molecular complexity index is 612. The van der Waals surface area contributed by atoms with Crippen LogP contribution in [0, 0.1) is 12.7 Å². The molecule has 0 aliphatic heterocycles. The van der Waals surface area contributed by atoms with Gasteiger partial charge in [-0.25, -0.2) is 4.39 Å². The van der Waals surface area contributed by atoms with E-state index in [4.69, 9.17) is 4.74 Å². The highest BCUT2D eigenvalue weighted by Gasteiger charge is 2.15. The third-order valence-electron chi connectivity index (χ3n) is 3.80. The maximum Gasteiger partial charge on any atom is 0.126 e. The van der Waals surface area contributed by atoms with Crippen LogP contribution in [-0.2, 0) is 0 Å². The minimum absolute atomic E-state index is 0.0556. The van der Waals surface area contributed by atoms with E-state index in [1.54, 1.807) is 20.1 Å². The van der Waals surface area contributed by atoms with Crippen molar-refractivity contribution < 1.29 is 9.13 Å². The molecule has 2 rings (SSSR count). The molecule has 0 radical (unpaired) electrons. The molecular weight excluding hydrogens is 265 g/mol. The van der Waals surface area contributed by atoms with Gasteiger partial charge in [-0.3, -0.25) is 0 Å². The molecule has 0 spiro atoms. The number of halogens is 1. The lowest BCUT2D eigenvalue weighted by molar-refractivity contribution is 0.396. The molecule has 0 fully saturated rings. The van der Waals surface area contributed by atoms with E-state index in [2.05, 4.69) is 12.2 Å². The fraction of sp³-hybridized carbons (Fsp3) is 0.333. The second-order valence-corrected chi connectivity index (χ2v) is 5.36. The van der Waals surface area contributed by atoms with E-state index in [0.29, 0.717) is 5.56 Å². The monoisotopic (exact) mass is 287 g/mol. The molecule has 0 bridgehead atoms. The van der Waals surface area contributed by atoms with Crippen LogP contribution in [0.15, 0.2) is 42.5 Å². The molecule has 2 aromatic carbocycles. The van der Waals surface area contributed by atoms with E-state index in [9.17, 15) is 4.39 Å². The lowest BCUT2D eigenvalue weighted by Gasteiger charge is -2.22. The number of hydrogen-bond donors (Lipinski definition) is 1. The van der Waals surface area contributed by atoms with Crippen molar-refractivity contribution in [2.45, 2.75) is 32.9 Å². The molecule has 21 heavy (non-hydrogen) atoms. The number of hydrogen-bond acceptors (Lipinski definition) is 2. The van der Waals surface area contributed by atoms with Crippen LogP contribution in [0.4, 0.5) is 4.39 Å². The Morgan fingerprint density at radius 1 is 1.05 bits per heavy atom. The summed E-state index contributed by atoms with van der Waals surface area (Å²) in [5, 5.41) is 3.49. The maximum absolute atomic E-state index is 13.7. The summed E-state index contributed by atoms with van der Waals surface area (Å²) < 4.78 is 19.1. The first-order chi connectivity index (χ1) is 10.0. The second-order valence-electron chi connectivity index (χ2n) is 5.36. The number of methoxy groups -OCH3 is 1. The Morgan fingerprint density at radius 3 is 2.43 bits per heavy atom. The molecule has 0 saturated carbocycles. The van der Waals surface area contributed by atoms with Crippen molar-refractivity contribution in [2.75, 3.05) is 7.11 Å². The van der Waals surface area contributed by atoms with E-state index in [-0.39, 0.29) is 17.9 Å². The summed E-state index contributed by atoms with van der Waals surface area (Å²) in [5.74, 6) is 0.700. The zero-order valence-corrected chi connectivity index (χ0v) is 13.0. The van der Waals surface area contributed by atoms with Crippen LogP contribution in [-0.4, -0.2) is 7.11 Å². The number of nitrogens with one attached hydrogen (secondary N) is 1. The van der Waals surface area contributed by atoms with E-state index in [1.807, 2.05) is 43.3 Å². The molecule has 112 valence electrons. The van der Waals surface area contributed by atoms with Crippen LogP contribution < -0.4 is 10.1 Å².